The Morgan fingerprint density at radius 1 is 1.19 bits per heavy atom. The smallest absolute Gasteiger partial charge is 0.309 e. The molecule has 1 aromatic carbocycles. The number of anilines is 1. The van der Waals surface area contributed by atoms with Crippen LogP contribution in [0.3, 0.4) is 0 Å². The Morgan fingerprint density at radius 3 is 2.44 bits per heavy atom. The molecule has 0 bridgehead atoms. The summed E-state index contributed by atoms with van der Waals surface area (Å²) in [6, 6.07) is 7.67. The van der Waals surface area contributed by atoms with Crippen molar-refractivity contribution in [3.05, 3.63) is 24.3 Å². The first kappa shape index (κ1) is 21.1. The van der Waals surface area contributed by atoms with Gasteiger partial charge in [0.05, 0.1) is 25.7 Å². The molecule has 1 aliphatic heterocycles. The van der Waals surface area contributed by atoms with E-state index >= 15 is 0 Å². The number of esters is 1. The van der Waals surface area contributed by atoms with E-state index < -0.39 is 0 Å². The molecule has 1 saturated heterocycles. The van der Waals surface area contributed by atoms with Gasteiger partial charge < -0.3 is 19.7 Å². The Hall–Kier alpha value is -2.24. The molecular formula is C21H32N2O4. The minimum atomic E-state index is -0.140. The molecule has 1 aliphatic rings. The first-order valence-corrected chi connectivity index (χ1v) is 9.90. The molecule has 2 rings (SSSR count). The second-order valence-electron chi connectivity index (χ2n) is 7.32. The van der Waals surface area contributed by atoms with E-state index in [0.717, 1.165) is 17.9 Å². The van der Waals surface area contributed by atoms with E-state index in [4.69, 9.17) is 9.47 Å². The first-order chi connectivity index (χ1) is 13.0. The minimum absolute atomic E-state index is 0.0505. The number of ether oxygens (including phenoxy) is 2. The lowest BCUT2D eigenvalue weighted by Gasteiger charge is -2.31. The fourth-order valence-corrected chi connectivity index (χ4v) is 3.00. The van der Waals surface area contributed by atoms with Crippen molar-refractivity contribution < 1.29 is 19.1 Å². The van der Waals surface area contributed by atoms with Gasteiger partial charge in [-0.15, -0.1) is 0 Å². The van der Waals surface area contributed by atoms with Crippen molar-refractivity contribution in [2.75, 3.05) is 38.2 Å². The van der Waals surface area contributed by atoms with Gasteiger partial charge in [0.1, 0.15) is 5.75 Å². The van der Waals surface area contributed by atoms with E-state index in [0.29, 0.717) is 45.1 Å². The fraction of sp³-hybridized carbons (Fsp3) is 0.619. The van der Waals surface area contributed by atoms with Gasteiger partial charge in [0, 0.05) is 18.8 Å². The molecule has 6 heteroatoms. The van der Waals surface area contributed by atoms with E-state index in [-0.39, 0.29) is 24.3 Å². The molecule has 1 N–H and O–H groups in total. The molecule has 1 heterocycles. The van der Waals surface area contributed by atoms with Gasteiger partial charge >= 0.3 is 5.97 Å². The Labute approximate surface area is 162 Å². The minimum Gasteiger partial charge on any atom is -0.494 e. The molecule has 0 radical (unpaired) electrons. The van der Waals surface area contributed by atoms with E-state index in [1.807, 2.05) is 36.1 Å². The molecule has 1 aromatic rings. The van der Waals surface area contributed by atoms with Gasteiger partial charge in [0.15, 0.2) is 0 Å². The zero-order chi connectivity index (χ0) is 19.6. The van der Waals surface area contributed by atoms with Crippen molar-refractivity contribution in [2.24, 2.45) is 11.8 Å². The monoisotopic (exact) mass is 376 g/mol. The van der Waals surface area contributed by atoms with Crippen LogP contribution < -0.4 is 10.1 Å². The van der Waals surface area contributed by atoms with Gasteiger partial charge in [-0.3, -0.25) is 9.59 Å². The third-order valence-corrected chi connectivity index (χ3v) is 4.73. The Balaban J connectivity index is 1.70. The van der Waals surface area contributed by atoms with Gasteiger partial charge in [-0.25, -0.2) is 0 Å². The summed E-state index contributed by atoms with van der Waals surface area (Å²) in [7, 11) is 0. The largest absolute Gasteiger partial charge is 0.494 e. The molecule has 0 spiro atoms. The molecule has 0 atom stereocenters. The standard InChI is InChI=1S/C21H32N2O4/c1-4-26-21(25)17-9-12-23(13-10-17)20(24)15-22-18-5-7-19(8-6-18)27-14-11-16(2)3/h5-8,16-17,22H,4,9-15H2,1-3H3. The third kappa shape index (κ3) is 7.12. The maximum absolute atomic E-state index is 12.4. The van der Waals surface area contributed by atoms with Gasteiger partial charge in [-0.05, 0) is 56.4 Å². The molecule has 0 unspecified atom stereocenters. The zero-order valence-corrected chi connectivity index (χ0v) is 16.7. The van der Waals surface area contributed by atoms with Crippen LogP contribution in [-0.4, -0.2) is 49.6 Å². The third-order valence-electron chi connectivity index (χ3n) is 4.73. The molecular weight excluding hydrogens is 344 g/mol. The van der Waals surface area contributed by atoms with Crippen LogP contribution in [0.1, 0.15) is 40.0 Å². The van der Waals surface area contributed by atoms with E-state index in [9.17, 15) is 9.59 Å². The van der Waals surface area contributed by atoms with Crippen LogP contribution in [0.5, 0.6) is 5.75 Å². The maximum Gasteiger partial charge on any atom is 0.309 e. The lowest BCUT2D eigenvalue weighted by atomic mass is 9.97. The van der Waals surface area contributed by atoms with Gasteiger partial charge in [-0.2, -0.15) is 0 Å². The first-order valence-electron chi connectivity index (χ1n) is 9.90. The lowest BCUT2D eigenvalue weighted by molar-refractivity contribution is -0.151. The zero-order valence-electron chi connectivity index (χ0n) is 16.7. The molecule has 1 fully saturated rings. The second-order valence-corrected chi connectivity index (χ2v) is 7.32. The molecule has 0 aromatic heterocycles. The fourth-order valence-electron chi connectivity index (χ4n) is 3.00. The van der Waals surface area contributed by atoms with Crippen LogP contribution in [0.25, 0.3) is 0 Å². The summed E-state index contributed by atoms with van der Waals surface area (Å²) in [5, 5.41) is 3.16. The predicted molar refractivity (Wildman–Crippen MR) is 106 cm³/mol. The highest BCUT2D eigenvalue weighted by Crippen LogP contribution is 2.19. The van der Waals surface area contributed by atoms with Crippen LogP contribution >= 0.6 is 0 Å². The van der Waals surface area contributed by atoms with Gasteiger partial charge in [-0.1, -0.05) is 13.8 Å². The number of amides is 1. The second kappa shape index (κ2) is 10.8. The summed E-state index contributed by atoms with van der Waals surface area (Å²) >= 11 is 0. The van der Waals surface area contributed by atoms with Crippen LogP contribution in [0.15, 0.2) is 24.3 Å². The van der Waals surface area contributed by atoms with Crippen molar-refractivity contribution >= 4 is 17.6 Å². The van der Waals surface area contributed by atoms with E-state index in [1.54, 1.807) is 0 Å². The highest BCUT2D eigenvalue weighted by atomic mass is 16.5. The summed E-state index contributed by atoms with van der Waals surface area (Å²) in [5.74, 6) is 1.30. The molecule has 0 aliphatic carbocycles. The number of hydrogen-bond acceptors (Lipinski definition) is 5. The van der Waals surface area contributed by atoms with Crippen LogP contribution in [0.2, 0.25) is 0 Å². The lowest BCUT2D eigenvalue weighted by Crippen LogP contribution is -2.43. The number of hydrogen-bond donors (Lipinski definition) is 1. The van der Waals surface area contributed by atoms with Crippen LogP contribution in [0, 0.1) is 11.8 Å². The number of carbonyl (C=O) groups excluding carboxylic acids is 2. The summed E-state index contributed by atoms with van der Waals surface area (Å²) in [6.07, 6.45) is 2.38. The van der Waals surface area contributed by atoms with Crippen molar-refractivity contribution in [1.29, 1.82) is 0 Å². The summed E-state index contributed by atoms with van der Waals surface area (Å²) in [4.78, 5) is 25.9. The van der Waals surface area contributed by atoms with Crippen molar-refractivity contribution in [3.8, 4) is 5.75 Å². The number of piperidine rings is 1. The maximum atomic E-state index is 12.4. The number of rotatable bonds is 9. The predicted octanol–water partition coefficient (Wildman–Crippen LogP) is 3.33. The van der Waals surface area contributed by atoms with Gasteiger partial charge in [0.25, 0.3) is 0 Å². The molecule has 150 valence electrons. The topological polar surface area (TPSA) is 67.9 Å². The number of nitrogens with zero attached hydrogens (tertiary/aromatic N) is 1. The Kier molecular flexibility index (Phi) is 8.43. The SMILES string of the molecule is CCOC(=O)C1CCN(C(=O)CNc2ccc(OCCC(C)C)cc2)CC1. The number of benzene rings is 1. The number of carbonyl (C=O) groups is 2. The van der Waals surface area contributed by atoms with Crippen molar-refractivity contribution in [2.45, 2.75) is 40.0 Å². The van der Waals surface area contributed by atoms with E-state index in [2.05, 4.69) is 19.2 Å². The van der Waals surface area contributed by atoms with Crippen LogP contribution in [0.4, 0.5) is 5.69 Å². The normalized spacial score (nSPS) is 14.9. The summed E-state index contributed by atoms with van der Waals surface area (Å²) < 4.78 is 10.8. The summed E-state index contributed by atoms with van der Waals surface area (Å²) in [6.45, 7) is 8.73. The highest BCUT2D eigenvalue weighted by Gasteiger charge is 2.27. The Morgan fingerprint density at radius 2 is 1.85 bits per heavy atom. The quantitative estimate of drug-likeness (QED) is 0.670. The average molecular weight is 376 g/mol. The molecule has 27 heavy (non-hydrogen) atoms. The van der Waals surface area contributed by atoms with E-state index in [1.165, 1.54) is 0 Å². The van der Waals surface area contributed by atoms with Crippen LogP contribution in [-0.2, 0) is 14.3 Å². The number of nitrogens with one attached hydrogen (secondary N) is 1. The van der Waals surface area contributed by atoms with Crippen molar-refractivity contribution in [1.82, 2.24) is 4.90 Å². The molecule has 6 nitrogen and oxygen atoms in total. The summed E-state index contributed by atoms with van der Waals surface area (Å²) in [5.41, 5.74) is 0.890. The average Bonchev–Trinajstić information content (AvgIpc) is 2.67. The van der Waals surface area contributed by atoms with Gasteiger partial charge in [0.2, 0.25) is 5.91 Å². The number of likely N-dealkylation sites (tertiary alicyclic amines) is 1. The molecule has 0 saturated carbocycles. The highest BCUT2D eigenvalue weighted by molar-refractivity contribution is 5.81. The van der Waals surface area contributed by atoms with Crippen molar-refractivity contribution in [3.63, 3.8) is 0 Å². The Bertz CT molecular complexity index is 593. The molecule has 1 amide bonds.